The number of likely N-dealkylation sites (N-methyl/N-ethyl adjacent to an activating group) is 1. The van der Waals surface area contributed by atoms with Crippen LogP contribution in [0.1, 0.15) is 20.3 Å². The van der Waals surface area contributed by atoms with E-state index >= 15 is 0 Å². The molecule has 3 aliphatic heterocycles. The second kappa shape index (κ2) is 12.4. The molecule has 1 N–H and O–H groups in total. The minimum Gasteiger partial charge on any atom is -0.379 e. The molecular weight excluding hydrogens is 455 g/mol. The molecule has 1 unspecified atom stereocenters. The molecule has 0 spiro atoms. The molecule has 0 amide bonds. The van der Waals surface area contributed by atoms with E-state index in [9.17, 15) is 0 Å². The fourth-order valence-electron chi connectivity index (χ4n) is 4.23. The van der Waals surface area contributed by atoms with E-state index in [1.165, 1.54) is 39.1 Å². The summed E-state index contributed by atoms with van der Waals surface area (Å²) in [6.07, 6.45) is 1.24. The van der Waals surface area contributed by atoms with Crippen molar-refractivity contribution in [3.05, 3.63) is 0 Å². The Morgan fingerprint density at radius 3 is 2.37 bits per heavy atom. The highest BCUT2D eigenvalue weighted by atomic mass is 127. The zero-order chi connectivity index (χ0) is 18.2. The number of hydrogen-bond acceptors (Lipinski definition) is 5. The monoisotopic (exact) mass is 494 g/mol. The van der Waals surface area contributed by atoms with Crippen LogP contribution in [-0.2, 0) is 4.74 Å². The summed E-state index contributed by atoms with van der Waals surface area (Å²) in [5.74, 6) is 1.11. The first-order valence-corrected chi connectivity index (χ1v) is 10.6. The zero-order valence-corrected chi connectivity index (χ0v) is 19.6. The Kier molecular flexibility index (Phi) is 10.6. The molecule has 0 aliphatic carbocycles. The van der Waals surface area contributed by atoms with Crippen molar-refractivity contribution in [2.45, 2.75) is 26.3 Å². The van der Waals surface area contributed by atoms with Gasteiger partial charge in [0.25, 0.3) is 0 Å². The minimum absolute atomic E-state index is 0. The Morgan fingerprint density at radius 2 is 1.70 bits per heavy atom. The van der Waals surface area contributed by atoms with Crippen LogP contribution < -0.4 is 5.32 Å². The van der Waals surface area contributed by atoms with E-state index in [0.29, 0.717) is 6.04 Å². The third-order valence-corrected chi connectivity index (χ3v) is 5.95. The third-order valence-electron chi connectivity index (χ3n) is 5.95. The van der Waals surface area contributed by atoms with Crippen molar-refractivity contribution in [1.82, 2.24) is 24.9 Å². The summed E-state index contributed by atoms with van der Waals surface area (Å²) in [6, 6.07) is 0.657. The highest BCUT2D eigenvalue weighted by molar-refractivity contribution is 14.0. The van der Waals surface area contributed by atoms with Crippen molar-refractivity contribution in [2.75, 3.05) is 91.8 Å². The van der Waals surface area contributed by atoms with Crippen molar-refractivity contribution < 1.29 is 4.74 Å². The van der Waals surface area contributed by atoms with Crippen LogP contribution >= 0.6 is 24.0 Å². The van der Waals surface area contributed by atoms with Gasteiger partial charge in [0.05, 0.1) is 19.8 Å². The van der Waals surface area contributed by atoms with Crippen LogP contribution in [0.25, 0.3) is 0 Å². The van der Waals surface area contributed by atoms with E-state index in [1.807, 2.05) is 0 Å². The Hall–Kier alpha value is -0.160. The summed E-state index contributed by atoms with van der Waals surface area (Å²) in [6.45, 7) is 19.4. The molecule has 0 aromatic heterocycles. The van der Waals surface area contributed by atoms with Crippen LogP contribution in [0.3, 0.4) is 0 Å². The molecule has 8 heteroatoms. The van der Waals surface area contributed by atoms with Gasteiger partial charge in [0.15, 0.2) is 5.96 Å². The van der Waals surface area contributed by atoms with Gasteiger partial charge in [0, 0.05) is 71.5 Å². The maximum atomic E-state index is 5.50. The molecule has 158 valence electrons. The average Bonchev–Trinajstić information content (AvgIpc) is 3.19. The number of morpholine rings is 1. The summed E-state index contributed by atoms with van der Waals surface area (Å²) < 4.78 is 5.50. The number of nitrogens with zero attached hydrogens (tertiary/aromatic N) is 5. The predicted octanol–water partition coefficient (Wildman–Crippen LogP) is 0.614. The SMILES string of the molecule is CCNC(=NCCN1CCN(CC)CC1)N1CCC(N2CCOCC2)C1.I. The van der Waals surface area contributed by atoms with Crippen LogP contribution in [0.4, 0.5) is 0 Å². The number of nitrogens with one attached hydrogen (secondary N) is 1. The van der Waals surface area contributed by atoms with E-state index in [-0.39, 0.29) is 24.0 Å². The average molecular weight is 494 g/mol. The van der Waals surface area contributed by atoms with E-state index in [0.717, 1.165) is 65.0 Å². The van der Waals surface area contributed by atoms with Crippen LogP contribution in [0.15, 0.2) is 4.99 Å². The number of piperazine rings is 1. The third kappa shape index (κ3) is 6.99. The molecule has 3 heterocycles. The molecule has 3 fully saturated rings. The zero-order valence-electron chi connectivity index (χ0n) is 17.2. The van der Waals surface area contributed by atoms with Gasteiger partial charge < -0.3 is 19.9 Å². The Bertz CT molecular complexity index is 438. The van der Waals surface area contributed by atoms with Crippen LogP contribution in [0, 0.1) is 0 Å². The van der Waals surface area contributed by atoms with Gasteiger partial charge in [-0.25, -0.2) is 0 Å². The van der Waals surface area contributed by atoms with Gasteiger partial charge in [-0.1, -0.05) is 6.92 Å². The lowest BCUT2D eigenvalue weighted by atomic mass is 10.2. The van der Waals surface area contributed by atoms with E-state index in [2.05, 4.69) is 38.8 Å². The molecule has 3 aliphatic rings. The van der Waals surface area contributed by atoms with Gasteiger partial charge >= 0.3 is 0 Å². The summed E-state index contributed by atoms with van der Waals surface area (Å²) >= 11 is 0. The van der Waals surface area contributed by atoms with Gasteiger partial charge in [-0.15, -0.1) is 24.0 Å². The first-order valence-electron chi connectivity index (χ1n) is 10.6. The van der Waals surface area contributed by atoms with Gasteiger partial charge in [-0.05, 0) is 19.9 Å². The summed E-state index contributed by atoms with van der Waals surface area (Å²) in [4.78, 5) is 15.1. The minimum atomic E-state index is 0. The number of guanidine groups is 1. The number of ether oxygens (including phenoxy) is 1. The predicted molar refractivity (Wildman–Crippen MR) is 122 cm³/mol. The summed E-state index contributed by atoms with van der Waals surface area (Å²) in [5.41, 5.74) is 0. The van der Waals surface area contributed by atoms with Crippen LogP contribution in [0.5, 0.6) is 0 Å². The summed E-state index contributed by atoms with van der Waals surface area (Å²) in [5, 5.41) is 3.51. The number of hydrogen-bond donors (Lipinski definition) is 1. The molecule has 3 rings (SSSR count). The normalized spacial score (nSPS) is 26.2. The van der Waals surface area contributed by atoms with Gasteiger partial charge in [-0.3, -0.25) is 14.8 Å². The highest BCUT2D eigenvalue weighted by Gasteiger charge is 2.30. The standard InChI is InChI=1S/C19H38N6O.HI/c1-3-20-19(21-6-8-23-11-9-22(4-2)10-12-23)25-7-5-18(17-25)24-13-15-26-16-14-24;/h18H,3-17H2,1-2H3,(H,20,21);1H. The maximum Gasteiger partial charge on any atom is 0.194 e. The molecular formula is C19H39IN6O. The van der Waals surface area contributed by atoms with Crippen molar-refractivity contribution >= 4 is 29.9 Å². The Balaban J connectivity index is 0.00000261. The van der Waals surface area contributed by atoms with E-state index in [1.54, 1.807) is 0 Å². The lowest BCUT2D eigenvalue weighted by molar-refractivity contribution is 0.0195. The number of aliphatic imine (C=N–C) groups is 1. The van der Waals surface area contributed by atoms with Crippen LogP contribution in [-0.4, -0.2) is 123 Å². The second-order valence-electron chi connectivity index (χ2n) is 7.55. The fourth-order valence-corrected chi connectivity index (χ4v) is 4.23. The molecule has 3 saturated heterocycles. The maximum absolute atomic E-state index is 5.50. The molecule has 7 nitrogen and oxygen atoms in total. The smallest absolute Gasteiger partial charge is 0.194 e. The molecule has 0 aromatic rings. The molecule has 27 heavy (non-hydrogen) atoms. The van der Waals surface area contributed by atoms with Crippen molar-refractivity contribution in [1.29, 1.82) is 0 Å². The Labute approximate surface area is 182 Å². The van der Waals surface area contributed by atoms with Gasteiger partial charge in [0.2, 0.25) is 0 Å². The van der Waals surface area contributed by atoms with Crippen molar-refractivity contribution in [2.24, 2.45) is 4.99 Å². The molecule has 0 aromatic carbocycles. The molecule has 1 atom stereocenters. The van der Waals surface area contributed by atoms with E-state index in [4.69, 9.17) is 9.73 Å². The van der Waals surface area contributed by atoms with Gasteiger partial charge in [0.1, 0.15) is 0 Å². The summed E-state index contributed by atoms with van der Waals surface area (Å²) in [7, 11) is 0. The quantitative estimate of drug-likeness (QED) is 0.332. The van der Waals surface area contributed by atoms with Gasteiger partial charge in [-0.2, -0.15) is 0 Å². The van der Waals surface area contributed by atoms with Crippen LogP contribution in [0.2, 0.25) is 0 Å². The number of halogens is 1. The largest absolute Gasteiger partial charge is 0.379 e. The van der Waals surface area contributed by atoms with Crippen molar-refractivity contribution in [3.63, 3.8) is 0 Å². The van der Waals surface area contributed by atoms with E-state index < -0.39 is 0 Å². The highest BCUT2D eigenvalue weighted by Crippen LogP contribution is 2.17. The lowest BCUT2D eigenvalue weighted by Gasteiger charge is -2.33. The fraction of sp³-hybridized carbons (Fsp3) is 0.947. The first kappa shape index (κ1) is 23.1. The van der Waals surface area contributed by atoms with Crippen molar-refractivity contribution in [3.8, 4) is 0 Å². The lowest BCUT2D eigenvalue weighted by Crippen LogP contribution is -2.47. The molecule has 0 saturated carbocycles. The topological polar surface area (TPSA) is 46.6 Å². The first-order chi connectivity index (χ1) is 12.8. The Morgan fingerprint density at radius 1 is 1.00 bits per heavy atom. The molecule has 0 bridgehead atoms. The number of rotatable bonds is 6. The number of likely N-dealkylation sites (tertiary alicyclic amines) is 1. The second-order valence-corrected chi connectivity index (χ2v) is 7.55. The molecule has 0 radical (unpaired) electrons.